The number of ether oxygens (including phenoxy) is 3. The largest absolute Gasteiger partial charge is 0.493 e. The van der Waals surface area contributed by atoms with Crippen LogP contribution in [-0.2, 0) is 4.74 Å². The summed E-state index contributed by atoms with van der Waals surface area (Å²) in [6, 6.07) is 16.7. The maximum atomic E-state index is 12.7. The van der Waals surface area contributed by atoms with Gasteiger partial charge in [0.1, 0.15) is 18.0 Å². The molecule has 2 aromatic heterocycles. The van der Waals surface area contributed by atoms with Crippen molar-refractivity contribution in [3.63, 3.8) is 0 Å². The van der Waals surface area contributed by atoms with Crippen LogP contribution in [-0.4, -0.2) is 70.7 Å². The van der Waals surface area contributed by atoms with Crippen LogP contribution in [0.3, 0.4) is 0 Å². The molecule has 5 aromatic rings. The molecule has 2 heterocycles. The lowest BCUT2D eigenvalue weighted by Gasteiger charge is -2.19. The van der Waals surface area contributed by atoms with Crippen molar-refractivity contribution < 1.29 is 19.0 Å². The molecule has 0 aliphatic heterocycles. The number of benzene rings is 3. The summed E-state index contributed by atoms with van der Waals surface area (Å²) in [5.74, 6) is 2.22. The van der Waals surface area contributed by atoms with Gasteiger partial charge in [-0.2, -0.15) is 9.78 Å². The Balaban J connectivity index is 1.57. The topological polar surface area (TPSA) is 130 Å². The maximum absolute atomic E-state index is 12.7. The van der Waals surface area contributed by atoms with Crippen molar-refractivity contribution in [1.29, 1.82) is 0 Å². The molecule has 11 heteroatoms. The summed E-state index contributed by atoms with van der Waals surface area (Å²) in [4.78, 5) is 24.4. The second-order valence-electron chi connectivity index (χ2n) is 11.1. The Hall–Kier alpha value is -4.90. The molecule has 0 fully saturated rings. The Morgan fingerprint density at radius 2 is 1.86 bits per heavy atom. The smallest absolute Gasteiger partial charge is 0.435 e. The van der Waals surface area contributed by atoms with E-state index in [2.05, 4.69) is 10.4 Å². The minimum Gasteiger partial charge on any atom is -0.493 e. The second kappa shape index (κ2) is 11.5. The minimum atomic E-state index is -0.635. The number of anilines is 3. The number of hydrogen-bond acceptors (Lipinski definition) is 10. The average molecular weight is 570 g/mol. The Morgan fingerprint density at radius 1 is 1.05 bits per heavy atom. The molecule has 0 unspecified atom stereocenters. The summed E-state index contributed by atoms with van der Waals surface area (Å²) in [6.45, 7) is 6.68. The van der Waals surface area contributed by atoms with Crippen molar-refractivity contribution in [3.8, 4) is 22.9 Å². The number of carbonyl (C=O) groups excluding carboxylic acids is 1. The summed E-state index contributed by atoms with van der Waals surface area (Å²) >= 11 is 0. The molecule has 0 saturated heterocycles. The Bertz CT molecular complexity index is 1760. The number of nitrogens with one attached hydrogen (secondary N) is 1. The van der Waals surface area contributed by atoms with E-state index in [9.17, 15) is 4.79 Å². The number of likely N-dealkylation sites (N-methyl/N-ethyl adjacent to an activating group) is 1. The van der Waals surface area contributed by atoms with Gasteiger partial charge in [0.15, 0.2) is 17.3 Å². The van der Waals surface area contributed by atoms with Gasteiger partial charge >= 0.3 is 6.09 Å². The van der Waals surface area contributed by atoms with Crippen molar-refractivity contribution in [3.05, 3.63) is 60.8 Å². The molecule has 0 aliphatic carbocycles. The first-order valence-electron chi connectivity index (χ1n) is 13.5. The first-order chi connectivity index (χ1) is 20.0. The number of carbonyl (C=O) groups is 1. The molecular formula is C31H35N7O4. The molecule has 0 saturated carbocycles. The molecule has 11 nitrogen and oxygen atoms in total. The fraction of sp³-hybridized carbons (Fsp3) is 0.290. The van der Waals surface area contributed by atoms with E-state index in [1.54, 1.807) is 13.3 Å². The van der Waals surface area contributed by atoms with Crippen molar-refractivity contribution in [2.24, 2.45) is 0 Å². The predicted molar refractivity (Wildman–Crippen MR) is 165 cm³/mol. The minimum absolute atomic E-state index is 0.484. The number of aromatic nitrogens is 4. The van der Waals surface area contributed by atoms with Gasteiger partial charge in [-0.3, -0.25) is 0 Å². The van der Waals surface area contributed by atoms with Crippen molar-refractivity contribution in [2.75, 3.05) is 45.4 Å². The Kier molecular flexibility index (Phi) is 7.86. The van der Waals surface area contributed by atoms with Gasteiger partial charge < -0.3 is 30.2 Å². The number of rotatable bonds is 8. The number of hydrogen-bond donors (Lipinski definition) is 2. The van der Waals surface area contributed by atoms with E-state index in [1.165, 1.54) is 4.68 Å². The lowest BCUT2D eigenvalue weighted by Crippen LogP contribution is -2.27. The molecule has 218 valence electrons. The fourth-order valence-corrected chi connectivity index (χ4v) is 4.35. The van der Waals surface area contributed by atoms with Crippen LogP contribution in [0.15, 0.2) is 60.8 Å². The highest BCUT2D eigenvalue weighted by atomic mass is 16.6. The monoisotopic (exact) mass is 569 g/mol. The van der Waals surface area contributed by atoms with Crippen LogP contribution in [0, 0.1) is 0 Å². The van der Waals surface area contributed by atoms with E-state index in [-0.39, 0.29) is 0 Å². The van der Waals surface area contributed by atoms with Gasteiger partial charge in [-0.1, -0.05) is 12.1 Å². The third kappa shape index (κ3) is 6.36. The molecule has 0 atom stereocenters. The molecule has 0 amide bonds. The van der Waals surface area contributed by atoms with Crippen LogP contribution in [0.5, 0.6) is 11.5 Å². The van der Waals surface area contributed by atoms with E-state index < -0.39 is 11.7 Å². The van der Waals surface area contributed by atoms with Crippen LogP contribution in [0.2, 0.25) is 0 Å². The lowest BCUT2D eigenvalue weighted by molar-refractivity contribution is 0.0522. The van der Waals surface area contributed by atoms with E-state index in [0.717, 1.165) is 28.6 Å². The average Bonchev–Trinajstić information content (AvgIpc) is 3.35. The van der Waals surface area contributed by atoms with Gasteiger partial charge in [-0.25, -0.2) is 14.8 Å². The van der Waals surface area contributed by atoms with Crippen molar-refractivity contribution in [1.82, 2.24) is 24.6 Å². The highest BCUT2D eigenvalue weighted by molar-refractivity contribution is 5.96. The van der Waals surface area contributed by atoms with Crippen molar-refractivity contribution in [2.45, 2.75) is 26.4 Å². The Labute approximate surface area is 244 Å². The van der Waals surface area contributed by atoms with E-state index in [1.807, 2.05) is 94.4 Å². The van der Waals surface area contributed by atoms with E-state index in [0.29, 0.717) is 46.5 Å². The van der Waals surface area contributed by atoms with Gasteiger partial charge in [0.05, 0.1) is 24.3 Å². The van der Waals surface area contributed by atoms with Crippen LogP contribution >= 0.6 is 0 Å². The highest BCUT2D eigenvalue weighted by Gasteiger charge is 2.21. The second-order valence-corrected chi connectivity index (χ2v) is 11.1. The van der Waals surface area contributed by atoms with Gasteiger partial charge in [0, 0.05) is 40.3 Å². The standard InChI is InChI=1S/C31H35N7O4/c1-31(2,3)42-30(39)38-25-11-10-22(15-20(25)18-33-38)34-29-23-16-27(41-13-12-37(4)5)26(40-6)17-24(23)35-28(36-29)19-8-7-9-21(32)14-19/h7-11,14-18H,12-13,32H2,1-6H3,(H,34,35,36). The van der Waals surface area contributed by atoms with Gasteiger partial charge in [-0.05, 0) is 71.3 Å². The normalized spacial score (nSPS) is 11.7. The lowest BCUT2D eigenvalue weighted by atomic mass is 10.1. The summed E-state index contributed by atoms with van der Waals surface area (Å²) in [7, 11) is 5.58. The van der Waals surface area contributed by atoms with Gasteiger partial charge in [0.2, 0.25) is 0 Å². The molecule has 0 aliphatic rings. The number of nitrogen functional groups attached to an aromatic ring is 1. The van der Waals surface area contributed by atoms with Crippen LogP contribution in [0.4, 0.5) is 22.0 Å². The number of nitrogens with two attached hydrogens (primary N) is 1. The third-order valence-corrected chi connectivity index (χ3v) is 6.32. The molecule has 3 aromatic carbocycles. The molecule has 5 rings (SSSR count). The quantitative estimate of drug-likeness (QED) is 0.224. The zero-order valence-electron chi connectivity index (χ0n) is 24.6. The summed E-state index contributed by atoms with van der Waals surface area (Å²) in [5, 5.41) is 9.20. The molecule has 0 radical (unpaired) electrons. The summed E-state index contributed by atoms with van der Waals surface area (Å²) < 4.78 is 18.5. The zero-order chi connectivity index (χ0) is 30.0. The molecular weight excluding hydrogens is 534 g/mol. The predicted octanol–water partition coefficient (Wildman–Crippen LogP) is 5.70. The Morgan fingerprint density at radius 3 is 2.57 bits per heavy atom. The first kappa shape index (κ1) is 28.6. The third-order valence-electron chi connectivity index (χ3n) is 6.32. The number of fused-ring (bicyclic) bond motifs is 2. The molecule has 3 N–H and O–H groups in total. The zero-order valence-corrected chi connectivity index (χ0v) is 24.6. The number of methoxy groups -OCH3 is 1. The highest BCUT2D eigenvalue weighted by Crippen LogP contribution is 2.37. The van der Waals surface area contributed by atoms with Crippen LogP contribution in [0.25, 0.3) is 33.2 Å². The maximum Gasteiger partial charge on any atom is 0.435 e. The fourth-order valence-electron chi connectivity index (χ4n) is 4.35. The number of nitrogens with zero attached hydrogens (tertiary/aromatic N) is 5. The molecule has 0 bridgehead atoms. The molecule has 42 heavy (non-hydrogen) atoms. The van der Waals surface area contributed by atoms with Gasteiger partial charge in [-0.15, -0.1) is 0 Å². The molecule has 0 spiro atoms. The van der Waals surface area contributed by atoms with E-state index >= 15 is 0 Å². The SMILES string of the molecule is COc1cc2nc(-c3cccc(N)c3)nc(Nc3ccc4c(cnn4C(=O)OC(C)(C)C)c3)c2cc1OCCN(C)C. The first-order valence-corrected chi connectivity index (χ1v) is 13.5. The van der Waals surface area contributed by atoms with Crippen molar-refractivity contribution >= 4 is 45.1 Å². The summed E-state index contributed by atoms with van der Waals surface area (Å²) in [6.07, 6.45) is 1.09. The van der Waals surface area contributed by atoms with E-state index in [4.69, 9.17) is 29.9 Å². The van der Waals surface area contributed by atoms with Crippen LogP contribution < -0.4 is 20.5 Å². The van der Waals surface area contributed by atoms with Crippen LogP contribution in [0.1, 0.15) is 20.8 Å². The van der Waals surface area contributed by atoms with Gasteiger partial charge in [0.25, 0.3) is 0 Å². The summed E-state index contributed by atoms with van der Waals surface area (Å²) in [5.41, 5.74) is 8.86.